The molecule has 1 heterocycles. The third-order valence-corrected chi connectivity index (χ3v) is 3.16. The molecule has 0 aliphatic carbocycles. The monoisotopic (exact) mass is 253 g/mol. The van der Waals surface area contributed by atoms with Gasteiger partial charge in [-0.05, 0) is 19.4 Å². The Morgan fingerprint density at radius 2 is 2.11 bits per heavy atom. The Balaban J connectivity index is 2.90. The molecule has 0 aliphatic heterocycles. The Labute approximate surface area is 111 Å². The lowest BCUT2D eigenvalue weighted by atomic mass is 10.1. The predicted molar refractivity (Wildman–Crippen MR) is 74.6 cm³/mol. The third-order valence-electron chi connectivity index (χ3n) is 3.16. The highest BCUT2D eigenvalue weighted by atomic mass is 16.5. The average Bonchev–Trinajstić information content (AvgIpc) is 2.82. The van der Waals surface area contributed by atoms with Gasteiger partial charge in [-0.25, -0.2) is 4.98 Å². The normalized spacial score (nSPS) is 14.7. The molecule has 0 radical (unpaired) electrons. The van der Waals surface area contributed by atoms with Gasteiger partial charge in [-0.15, -0.1) is 0 Å². The van der Waals surface area contributed by atoms with Crippen LogP contribution in [-0.4, -0.2) is 29.3 Å². The number of rotatable bonds is 9. The lowest BCUT2D eigenvalue weighted by molar-refractivity contribution is 0.0572. The van der Waals surface area contributed by atoms with Crippen LogP contribution in [0, 0.1) is 0 Å². The molecule has 0 aliphatic rings. The van der Waals surface area contributed by atoms with Crippen molar-refractivity contribution in [3.05, 3.63) is 18.2 Å². The number of methoxy groups -OCH3 is 1. The van der Waals surface area contributed by atoms with E-state index in [1.54, 1.807) is 7.11 Å². The van der Waals surface area contributed by atoms with Crippen molar-refractivity contribution in [2.75, 3.05) is 13.7 Å². The van der Waals surface area contributed by atoms with Crippen molar-refractivity contribution in [2.45, 2.75) is 58.7 Å². The van der Waals surface area contributed by atoms with Crippen molar-refractivity contribution in [1.82, 2.24) is 14.9 Å². The number of hydrogen-bond donors (Lipinski definition) is 1. The van der Waals surface area contributed by atoms with E-state index in [1.807, 2.05) is 6.20 Å². The summed E-state index contributed by atoms with van der Waals surface area (Å²) in [5.74, 6) is 1.10. The van der Waals surface area contributed by atoms with Crippen LogP contribution in [0.5, 0.6) is 0 Å². The molecule has 0 saturated carbocycles. The predicted octanol–water partition coefficient (Wildman–Crippen LogP) is 2.76. The number of nitrogens with one attached hydrogen (secondary N) is 1. The van der Waals surface area contributed by atoms with Crippen LogP contribution in [0.2, 0.25) is 0 Å². The molecule has 104 valence electrons. The summed E-state index contributed by atoms with van der Waals surface area (Å²) < 4.78 is 7.88. The van der Waals surface area contributed by atoms with Gasteiger partial charge in [0.1, 0.15) is 5.82 Å². The van der Waals surface area contributed by atoms with Gasteiger partial charge in [-0.2, -0.15) is 0 Å². The number of aryl methyl sites for hydroxylation is 1. The second kappa shape index (κ2) is 8.27. The fourth-order valence-electron chi connectivity index (χ4n) is 2.34. The fraction of sp³-hybridized carbons (Fsp3) is 0.786. The van der Waals surface area contributed by atoms with Crippen LogP contribution in [0.4, 0.5) is 0 Å². The zero-order valence-electron chi connectivity index (χ0n) is 12.1. The van der Waals surface area contributed by atoms with E-state index in [-0.39, 0.29) is 12.1 Å². The molecule has 0 aromatic carbocycles. The summed E-state index contributed by atoms with van der Waals surface area (Å²) in [7, 11) is 1.79. The molecule has 0 fully saturated rings. The lowest BCUT2D eigenvalue weighted by Crippen LogP contribution is -2.35. The Morgan fingerprint density at radius 3 is 2.67 bits per heavy atom. The van der Waals surface area contributed by atoms with E-state index in [9.17, 15) is 0 Å². The fourth-order valence-corrected chi connectivity index (χ4v) is 2.34. The summed E-state index contributed by atoms with van der Waals surface area (Å²) >= 11 is 0. The number of ether oxygens (including phenoxy) is 1. The Bertz CT molecular complexity index is 325. The van der Waals surface area contributed by atoms with Crippen LogP contribution < -0.4 is 5.32 Å². The highest BCUT2D eigenvalue weighted by Gasteiger charge is 2.25. The van der Waals surface area contributed by atoms with Gasteiger partial charge in [-0.3, -0.25) is 0 Å². The minimum atomic E-state index is 0.182. The average molecular weight is 253 g/mol. The van der Waals surface area contributed by atoms with Crippen LogP contribution >= 0.6 is 0 Å². The van der Waals surface area contributed by atoms with E-state index in [2.05, 4.69) is 41.8 Å². The number of nitrogens with zero attached hydrogens (tertiary/aromatic N) is 2. The standard InChI is InChI=1S/C14H27N3O/c1-5-8-12(18-4)13(15-7-3)14-16-9-11-17(14)10-6-2/h9,11-13,15H,5-8,10H2,1-4H3. The summed E-state index contributed by atoms with van der Waals surface area (Å²) in [5, 5.41) is 3.51. The zero-order chi connectivity index (χ0) is 13.4. The van der Waals surface area contributed by atoms with Gasteiger partial charge >= 0.3 is 0 Å². The first-order valence-electron chi connectivity index (χ1n) is 7.05. The van der Waals surface area contributed by atoms with Gasteiger partial charge in [0.05, 0.1) is 12.1 Å². The van der Waals surface area contributed by atoms with Crippen molar-refractivity contribution >= 4 is 0 Å². The first kappa shape index (κ1) is 15.2. The SMILES string of the molecule is CCCC(OC)C(NCC)c1nccn1CCC. The van der Waals surface area contributed by atoms with E-state index < -0.39 is 0 Å². The topological polar surface area (TPSA) is 39.1 Å². The molecule has 1 aromatic rings. The molecule has 1 rings (SSSR count). The number of aromatic nitrogens is 2. The summed E-state index contributed by atoms with van der Waals surface area (Å²) in [6, 6.07) is 0.182. The Hall–Kier alpha value is -0.870. The van der Waals surface area contributed by atoms with Crippen LogP contribution in [0.3, 0.4) is 0 Å². The van der Waals surface area contributed by atoms with Gasteiger partial charge in [0.25, 0.3) is 0 Å². The number of hydrogen-bond acceptors (Lipinski definition) is 3. The molecule has 0 amide bonds. The molecule has 0 spiro atoms. The van der Waals surface area contributed by atoms with Crippen molar-refractivity contribution in [2.24, 2.45) is 0 Å². The largest absolute Gasteiger partial charge is 0.379 e. The summed E-state index contributed by atoms with van der Waals surface area (Å²) in [5.41, 5.74) is 0. The lowest BCUT2D eigenvalue weighted by Gasteiger charge is -2.26. The molecule has 1 aromatic heterocycles. The smallest absolute Gasteiger partial charge is 0.128 e. The van der Waals surface area contributed by atoms with Gasteiger partial charge in [-0.1, -0.05) is 27.2 Å². The maximum absolute atomic E-state index is 5.65. The maximum Gasteiger partial charge on any atom is 0.128 e. The summed E-state index contributed by atoms with van der Waals surface area (Å²) in [4.78, 5) is 4.53. The minimum Gasteiger partial charge on any atom is -0.379 e. The maximum atomic E-state index is 5.65. The van der Waals surface area contributed by atoms with Crippen molar-refractivity contribution in [3.8, 4) is 0 Å². The first-order valence-corrected chi connectivity index (χ1v) is 7.05. The highest BCUT2D eigenvalue weighted by molar-refractivity contribution is 5.02. The van der Waals surface area contributed by atoms with E-state index in [0.29, 0.717) is 0 Å². The zero-order valence-corrected chi connectivity index (χ0v) is 12.1. The second-order valence-electron chi connectivity index (χ2n) is 4.58. The summed E-state index contributed by atoms with van der Waals surface area (Å²) in [6.07, 6.45) is 7.42. The van der Waals surface area contributed by atoms with Crippen LogP contribution in [0.15, 0.2) is 12.4 Å². The minimum absolute atomic E-state index is 0.182. The van der Waals surface area contributed by atoms with E-state index in [1.165, 1.54) is 0 Å². The van der Waals surface area contributed by atoms with Gasteiger partial charge in [0.15, 0.2) is 0 Å². The quantitative estimate of drug-likeness (QED) is 0.735. The van der Waals surface area contributed by atoms with Gasteiger partial charge in [0.2, 0.25) is 0 Å². The Kier molecular flexibility index (Phi) is 6.98. The van der Waals surface area contributed by atoms with E-state index in [0.717, 1.165) is 38.2 Å². The molecular formula is C14H27N3O. The number of imidazole rings is 1. The molecule has 4 nitrogen and oxygen atoms in total. The molecule has 1 N–H and O–H groups in total. The van der Waals surface area contributed by atoms with Gasteiger partial charge < -0.3 is 14.6 Å². The number of likely N-dealkylation sites (N-methyl/N-ethyl adjacent to an activating group) is 1. The van der Waals surface area contributed by atoms with Crippen molar-refractivity contribution in [3.63, 3.8) is 0 Å². The molecule has 0 saturated heterocycles. The Morgan fingerprint density at radius 1 is 1.33 bits per heavy atom. The molecule has 18 heavy (non-hydrogen) atoms. The molecule has 4 heteroatoms. The molecule has 2 atom stereocenters. The van der Waals surface area contributed by atoms with Crippen LogP contribution in [-0.2, 0) is 11.3 Å². The van der Waals surface area contributed by atoms with Crippen molar-refractivity contribution in [1.29, 1.82) is 0 Å². The summed E-state index contributed by atoms with van der Waals surface area (Å²) in [6.45, 7) is 8.44. The van der Waals surface area contributed by atoms with Crippen molar-refractivity contribution < 1.29 is 4.74 Å². The molecule has 0 bridgehead atoms. The third kappa shape index (κ3) is 3.82. The van der Waals surface area contributed by atoms with E-state index in [4.69, 9.17) is 4.74 Å². The first-order chi connectivity index (χ1) is 8.78. The van der Waals surface area contributed by atoms with Gasteiger partial charge in [0, 0.05) is 26.0 Å². The van der Waals surface area contributed by atoms with Crippen LogP contribution in [0.1, 0.15) is 51.9 Å². The molecule has 2 unspecified atom stereocenters. The highest BCUT2D eigenvalue weighted by Crippen LogP contribution is 2.21. The second-order valence-corrected chi connectivity index (χ2v) is 4.58. The van der Waals surface area contributed by atoms with E-state index >= 15 is 0 Å². The van der Waals surface area contributed by atoms with Crippen LogP contribution in [0.25, 0.3) is 0 Å². The molecular weight excluding hydrogens is 226 g/mol.